The molecule has 0 N–H and O–H groups in total. The zero-order valence-corrected chi connectivity index (χ0v) is 12.0. The average molecular weight is 292 g/mol. The average Bonchev–Trinajstić information content (AvgIpc) is 2.41. The van der Waals surface area contributed by atoms with E-state index in [4.69, 9.17) is 16.3 Å². The minimum atomic E-state index is -0.432. The molecule has 20 heavy (non-hydrogen) atoms. The molecule has 2 rings (SSSR count). The number of ether oxygens (including phenoxy) is 1. The summed E-state index contributed by atoms with van der Waals surface area (Å²) in [7, 11) is 0. The number of para-hydroxylation sites is 1. The number of nitro benzene ring substituents is 1. The van der Waals surface area contributed by atoms with Gasteiger partial charge in [-0.05, 0) is 31.0 Å². The number of nitro groups is 1. The standard InChI is InChI=1S/C15H14ClNO3/c1-10-7-11(2)15(13(8-10)17(18)19)20-14-6-4-3-5-12(14)9-16/h3-8H,9H2,1-2H3. The third-order valence-corrected chi connectivity index (χ3v) is 3.21. The summed E-state index contributed by atoms with van der Waals surface area (Å²) in [6.45, 7) is 3.61. The largest absolute Gasteiger partial charge is 0.450 e. The second kappa shape index (κ2) is 5.92. The highest BCUT2D eigenvalue weighted by Crippen LogP contribution is 2.37. The Labute approximate surface area is 122 Å². The van der Waals surface area contributed by atoms with E-state index in [1.54, 1.807) is 19.1 Å². The lowest BCUT2D eigenvalue weighted by Gasteiger charge is -2.12. The minimum absolute atomic E-state index is 0.0353. The molecule has 0 heterocycles. The van der Waals surface area contributed by atoms with E-state index < -0.39 is 4.92 Å². The van der Waals surface area contributed by atoms with Crippen molar-refractivity contribution in [1.29, 1.82) is 0 Å². The van der Waals surface area contributed by atoms with Crippen molar-refractivity contribution in [2.75, 3.05) is 0 Å². The van der Waals surface area contributed by atoms with Gasteiger partial charge in [0.15, 0.2) is 0 Å². The van der Waals surface area contributed by atoms with E-state index in [1.807, 2.05) is 25.1 Å². The van der Waals surface area contributed by atoms with E-state index in [1.165, 1.54) is 6.07 Å². The number of benzene rings is 2. The molecule has 0 atom stereocenters. The van der Waals surface area contributed by atoms with Gasteiger partial charge in [0.1, 0.15) is 5.75 Å². The Morgan fingerprint density at radius 1 is 1.25 bits per heavy atom. The fourth-order valence-corrected chi connectivity index (χ4v) is 2.24. The van der Waals surface area contributed by atoms with E-state index in [-0.39, 0.29) is 17.3 Å². The predicted octanol–water partition coefficient (Wildman–Crippen LogP) is 4.74. The highest BCUT2D eigenvalue weighted by molar-refractivity contribution is 6.17. The van der Waals surface area contributed by atoms with Gasteiger partial charge in [-0.15, -0.1) is 11.6 Å². The van der Waals surface area contributed by atoms with Crippen LogP contribution in [0.2, 0.25) is 0 Å². The molecule has 0 bridgehead atoms. The van der Waals surface area contributed by atoms with Crippen molar-refractivity contribution in [3.63, 3.8) is 0 Å². The van der Waals surface area contributed by atoms with E-state index in [2.05, 4.69) is 0 Å². The highest BCUT2D eigenvalue weighted by Gasteiger charge is 2.20. The number of alkyl halides is 1. The fourth-order valence-electron chi connectivity index (χ4n) is 2.02. The third-order valence-electron chi connectivity index (χ3n) is 2.92. The Kier molecular flexibility index (Phi) is 4.25. The highest BCUT2D eigenvalue weighted by atomic mass is 35.5. The normalized spacial score (nSPS) is 10.3. The van der Waals surface area contributed by atoms with Crippen LogP contribution in [0.1, 0.15) is 16.7 Å². The maximum atomic E-state index is 11.2. The van der Waals surface area contributed by atoms with Crippen LogP contribution in [0, 0.1) is 24.0 Å². The van der Waals surface area contributed by atoms with Crippen LogP contribution in [-0.4, -0.2) is 4.92 Å². The molecule has 0 aliphatic carbocycles. The number of hydrogen-bond acceptors (Lipinski definition) is 3. The number of halogens is 1. The zero-order chi connectivity index (χ0) is 14.7. The summed E-state index contributed by atoms with van der Waals surface area (Å²) in [6, 6.07) is 10.6. The maximum Gasteiger partial charge on any atom is 0.312 e. The van der Waals surface area contributed by atoms with Crippen LogP contribution in [0.3, 0.4) is 0 Å². The van der Waals surface area contributed by atoms with Crippen LogP contribution in [0.4, 0.5) is 5.69 Å². The Bertz CT molecular complexity index is 656. The third kappa shape index (κ3) is 2.91. The molecular formula is C15H14ClNO3. The van der Waals surface area contributed by atoms with Crippen LogP contribution in [0.15, 0.2) is 36.4 Å². The maximum absolute atomic E-state index is 11.2. The molecule has 2 aromatic rings. The van der Waals surface area contributed by atoms with E-state index >= 15 is 0 Å². The Morgan fingerprint density at radius 3 is 2.60 bits per heavy atom. The molecule has 0 radical (unpaired) electrons. The summed E-state index contributed by atoms with van der Waals surface area (Å²) in [5.74, 6) is 1.09. The smallest absolute Gasteiger partial charge is 0.312 e. The first-order valence-corrected chi connectivity index (χ1v) is 6.63. The summed E-state index contributed by atoms with van der Waals surface area (Å²) in [4.78, 5) is 10.7. The molecule has 0 amide bonds. The van der Waals surface area contributed by atoms with Crippen molar-refractivity contribution in [3.8, 4) is 11.5 Å². The van der Waals surface area contributed by atoms with Crippen molar-refractivity contribution < 1.29 is 9.66 Å². The van der Waals surface area contributed by atoms with Crippen LogP contribution in [0.25, 0.3) is 0 Å². The first kappa shape index (κ1) is 14.3. The molecule has 0 aliphatic heterocycles. The van der Waals surface area contributed by atoms with Gasteiger partial charge >= 0.3 is 5.69 Å². The van der Waals surface area contributed by atoms with Crippen molar-refractivity contribution in [1.82, 2.24) is 0 Å². The van der Waals surface area contributed by atoms with Gasteiger partial charge in [0.25, 0.3) is 0 Å². The molecule has 0 fully saturated rings. The number of rotatable bonds is 4. The Balaban J connectivity index is 2.50. The molecule has 0 aromatic heterocycles. The second-order valence-electron chi connectivity index (χ2n) is 4.53. The van der Waals surface area contributed by atoms with Gasteiger partial charge in [-0.3, -0.25) is 10.1 Å². The lowest BCUT2D eigenvalue weighted by atomic mass is 10.1. The Hall–Kier alpha value is -2.07. The topological polar surface area (TPSA) is 52.4 Å². The first-order valence-electron chi connectivity index (χ1n) is 6.10. The molecule has 4 nitrogen and oxygen atoms in total. The zero-order valence-electron chi connectivity index (χ0n) is 11.2. The Morgan fingerprint density at radius 2 is 1.95 bits per heavy atom. The quantitative estimate of drug-likeness (QED) is 0.464. The monoisotopic (exact) mass is 291 g/mol. The molecule has 0 spiro atoms. The van der Waals surface area contributed by atoms with Gasteiger partial charge in [0.05, 0.1) is 10.8 Å². The SMILES string of the molecule is Cc1cc(C)c(Oc2ccccc2CCl)c([N+](=O)[O-])c1. The summed E-state index contributed by atoms with van der Waals surface area (Å²) >= 11 is 5.85. The van der Waals surface area contributed by atoms with Gasteiger partial charge < -0.3 is 4.74 Å². The molecule has 0 saturated carbocycles. The molecule has 0 unspecified atom stereocenters. The van der Waals surface area contributed by atoms with Gasteiger partial charge in [0.2, 0.25) is 5.75 Å². The van der Waals surface area contributed by atoms with E-state index in [0.29, 0.717) is 5.75 Å². The number of aryl methyl sites for hydroxylation is 2. The van der Waals surface area contributed by atoms with Crippen LogP contribution in [-0.2, 0) is 5.88 Å². The molecule has 0 saturated heterocycles. The minimum Gasteiger partial charge on any atom is -0.450 e. The molecule has 0 aliphatic rings. The number of nitrogens with zero attached hydrogens (tertiary/aromatic N) is 1. The van der Waals surface area contributed by atoms with Crippen LogP contribution >= 0.6 is 11.6 Å². The first-order chi connectivity index (χ1) is 9.52. The van der Waals surface area contributed by atoms with Gasteiger partial charge in [-0.25, -0.2) is 0 Å². The summed E-state index contributed by atoms with van der Waals surface area (Å²) < 4.78 is 5.75. The van der Waals surface area contributed by atoms with Crippen molar-refractivity contribution in [2.24, 2.45) is 0 Å². The predicted molar refractivity (Wildman–Crippen MR) is 78.6 cm³/mol. The summed E-state index contributed by atoms with van der Waals surface area (Å²) in [5, 5.41) is 11.2. The summed E-state index contributed by atoms with van der Waals surface area (Å²) in [5.41, 5.74) is 2.31. The summed E-state index contributed by atoms with van der Waals surface area (Å²) in [6.07, 6.45) is 0. The second-order valence-corrected chi connectivity index (χ2v) is 4.80. The fraction of sp³-hybridized carbons (Fsp3) is 0.200. The molecule has 5 heteroatoms. The van der Waals surface area contributed by atoms with Crippen molar-refractivity contribution >= 4 is 17.3 Å². The molecule has 104 valence electrons. The van der Waals surface area contributed by atoms with E-state index in [9.17, 15) is 10.1 Å². The lowest BCUT2D eigenvalue weighted by Crippen LogP contribution is -1.98. The van der Waals surface area contributed by atoms with Crippen LogP contribution < -0.4 is 4.74 Å². The van der Waals surface area contributed by atoms with Gasteiger partial charge in [-0.1, -0.05) is 24.3 Å². The van der Waals surface area contributed by atoms with Crippen molar-refractivity contribution in [3.05, 3.63) is 63.2 Å². The molecule has 2 aromatic carbocycles. The van der Waals surface area contributed by atoms with E-state index in [0.717, 1.165) is 16.7 Å². The van der Waals surface area contributed by atoms with Crippen molar-refractivity contribution in [2.45, 2.75) is 19.7 Å². The van der Waals surface area contributed by atoms with Crippen LogP contribution in [0.5, 0.6) is 11.5 Å². The van der Waals surface area contributed by atoms with Gasteiger partial charge in [-0.2, -0.15) is 0 Å². The lowest BCUT2D eigenvalue weighted by molar-refractivity contribution is -0.385. The van der Waals surface area contributed by atoms with Gasteiger partial charge in [0, 0.05) is 11.6 Å². The number of hydrogen-bond donors (Lipinski definition) is 0. The molecular weight excluding hydrogens is 278 g/mol.